The maximum absolute atomic E-state index is 6.25. The molecule has 6 heteroatoms. The number of hydrogen-bond donors (Lipinski definition) is 2. The molecule has 2 N–H and O–H groups in total. The first-order valence-corrected chi connectivity index (χ1v) is 8.84. The van der Waals surface area contributed by atoms with E-state index in [1.807, 2.05) is 6.07 Å². The third-order valence-corrected chi connectivity index (χ3v) is 4.42. The molecule has 0 amide bonds. The summed E-state index contributed by atoms with van der Waals surface area (Å²) < 4.78 is 11.1. The molecule has 0 radical (unpaired) electrons. The van der Waals surface area contributed by atoms with Crippen molar-refractivity contribution in [2.24, 2.45) is 4.99 Å². The molecule has 134 valence electrons. The van der Waals surface area contributed by atoms with Crippen molar-refractivity contribution in [1.29, 1.82) is 0 Å². The van der Waals surface area contributed by atoms with E-state index < -0.39 is 0 Å². The van der Waals surface area contributed by atoms with Crippen LogP contribution in [-0.2, 0) is 13.1 Å². The topological polar surface area (TPSA) is 71.7 Å². The van der Waals surface area contributed by atoms with E-state index in [-0.39, 0.29) is 0 Å². The fraction of sp³-hybridized carbons (Fsp3) is 0.474. The van der Waals surface area contributed by atoms with Crippen molar-refractivity contribution in [3.8, 4) is 5.75 Å². The molecule has 2 aromatic rings. The number of aromatic nitrogens is 1. The van der Waals surface area contributed by atoms with Gasteiger partial charge in [-0.1, -0.05) is 17.3 Å². The van der Waals surface area contributed by atoms with Crippen molar-refractivity contribution < 1.29 is 9.26 Å². The van der Waals surface area contributed by atoms with E-state index in [2.05, 4.69) is 45.9 Å². The monoisotopic (exact) mass is 342 g/mol. The van der Waals surface area contributed by atoms with Crippen molar-refractivity contribution in [2.45, 2.75) is 51.8 Å². The highest BCUT2D eigenvalue weighted by Crippen LogP contribution is 2.27. The summed E-state index contributed by atoms with van der Waals surface area (Å²) in [7, 11) is 1.75. The van der Waals surface area contributed by atoms with Crippen molar-refractivity contribution in [3.05, 3.63) is 47.3 Å². The molecule has 1 aromatic carbocycles. The normalized spacial score (nSPS) is 15.4. The average molecular weight is 342 g/mol. The van der Waals surface area contributed by atoms with Gasteiger partial charge in [0, 0.05) is 25.2 Å². The SMILES string of the molecule is CN=C(NCc1ccon1)NCc1ccc(C)cc1OC1CCCC1. The van der Waals surface area contributed by atoms with Gasteiger partial charge in [0.05, 0.1) is 12.6 Å². The van der Waals surface area contributed by atoms with E-state index >= 15 is 0 Å². The zero-order valence-electron chi connectivity index (χ0n) is 14.9. The fourth-order valence-electron chi connectivity index (χ4n) is 3.01. The molecule has 25 heavy (non-hydrogen) atoms. The predicted octanol–water partition coefficient (Wildman–Crippen LogP) is 3.17. The Morgan fingerprint density at radius 1 is 1.24 bits per heavy atom. The number of hydrogen-bond acceptors (Lipinski definition) is 4. The molecule has 1 aliphatic carbocycles. The Morgan fingerprint density at radius 2 is 2.04 bits per heavy atom. The third-order valence-electron chi connectivity index (χ3n) is 4.42. The summed E-state index contributed by atoms with van der Waals surface area (Å²) in [6.45, 7) is 3.31. The summed E-state index contributed by atoms with van der Waals surface area (Å²) >= 11 is 0. The van der Waals surface area contributed by atoms with Gasteiger partial charge in [0.2, 0.25) is 0 Å². The second-order valence-electron chi connectivity index (χ2n) is 6.41. The lowest BCUT2D eigenvalue weighted by molar-refractivity contribution is 0.207. The van der Waals surface area contributed by atoms with Crippen LogP contribution >= 0.6 is 0 Å². The average Bonchev–Trinajstić information content (AvgIpc) is 3.30. The maximum atomic E-state index is 6.25. The Morgan fingerprint density at radius 3 is 2.76 bits per heavy atom. The summed E-state index contributed by atoms with van der Waals surface area (Å²) in [5.74, 6) is 1.70. The number of aryl methyl sites for hydroxylation is 1. The lowest BCUT2D eigenvalue weighted by Gasteiger charge is -2.18. The van der Waals surface area contributed by atoms with Crippen LogP contribution in [0.1, 0.15) is 42.5 Å². The number of ether oxygens (including phenoxy) is 1. The molecule has 1 heterocycles. The molecule has 0 atom stereocenters. The number of nitrogens with one attached hydrogen (secondary N) is 2. The number of nitrogens with zero attached hydrogens (tertiary/aromatic N) is 2. The van der Waals surface area contributed by atoms with Crippen LogP contribution in [0.2, 0.25) is 0 Å². The van der Waals surface area contributed by atoms with E-state index in [1.165, 1.54) is 18.4 Å². The minimum absolute atomic E-state index is 0.352. The van der Waals surface area contributed by atoms with Crippen LogP contribution in [0.4, 0.5) is 0 Å². The highest BCUT2D eigenvalue weighted by molar-refractivity contribution is 5.79. The summed E-state index contributed by atoms with van der Waals surface area (Å²) in [6, 6.07) is 8.19. The first-order valence-electron chi connectivity index (χ1n) is 8.84. The van der Waals surface area contributed by atoms with Crippen LogP contribution in [0.3, 0.4) is 0 Å². The molecule has 0 saturated heterocycles. The highest BCUT2D eigenvalue weighted by Gasteiger charge is 2.18. The maximum Gasteiger partial charge on any atom is 0.191 e. The molecule has 1 fully saturated rings. The first-order chi connectivity index (χ1) is 12.2. The van der Waals surface area contributed by atoms with Gasteiger partial charge in [0.1, 0.15) is 17.7 Å². The summed E-state index contributed by atoms with van der Waals surface area (Å²) in [4.78, 5) is 4.25. The lowest BCUT2D eigenvalue weighted by Crippen LogP contribution is -2.36. The first kappa shape index (κ1) is 17.3. The van der Waals surface area contributed by atoms with E-state index in [9.17, 15) is 0 Å². The summed E-state index contributed by atoms with van der Waals surface area (Å²) in [5.41, 5.74) is 3.19. The van der Waals surface area contributed by atoms with Gasteiger partial charge in [0.25, 0.3) is 0 Å². The second-order valence-corrected chi connectivity index (χ2v) is 6.41. The number of aliphatic imine (C=N–C) groups is 1. The van der Waals surface area contributed by atoms with Gasteiger partial charge >= 0.3 is 0 Å². The Hall–Kier alpha value is -2.50. The molecule has 1 saturated carbocycles. The Kier molecular flexibility index (Phi) is 5.93. The molecule has 1 aromatic heterocycles. The van der Waals surface area contributed by atoms with E-state index in [0.717, 1.165) is 35.8 Å². The van der Waals surface area contributed by atoms with Gasteiger partial charge < -0.3 is 19.9 Å². The Bertz CT molecular complexity index is 691. The molecular weight excluding hydrogens is 316 g/mol. The molecule has 1 aliphatic rings. The quantitative estimate of drug-likeness (QED) is 0.623. The van der Waals surface area contributed by atoms with E-state index in [0.29, 0.717) is 19.2 Å². The van der Waals surface area contributed by atoms with Crippen LogP contribution in [0.15, 0.2) is 40.0 Å². The van der Waals surface area contributed by atoms with Crippen LogP contribution in [-0.4, -0.2) is 24.3 Å². The smallest absolute Gasteiger partial charge is 0.191 e. The minimum Gasteiger partial charge on any atom is -0.490 e. The van der Waals surface area contributed by atoms with Gasteiger partial charge in [-0.15, -0.1) is 0 Å². The van der Waals surface area contributed by atoms with Gasteiger partial charge in [-0.3, -0.25) is 4.99 Å². The van der Waals surface area contributed by atoms with Crippen LogP contribution < -0.4 is 15.4 Å². The largest absolute Gasteiger partial charge is 0.490 e. The standard InChI is InChI=1S/C19H26N4O2/c1-14-7-8-15(18(11-14)25-17-5-3-4-6-17)12-21-19(20-2)22-13-16-9-10-24-23-16/h7-11,17H,3-6,12-13H2,1-2H3,(H2,20,21,22). The number of benzene rings is 1. The van der Waals surface area contributed by atoms with E-state index in [4.69, 9.17) is 9.26 Å². The molecule has 0 spiro atoms. The van der Waals surface area contributed by atoms with Crippen molar-refractivity contribution in [3.63, 3.8) is 0 Å². The second kappa shape index (κ2) is 8.55. The predicted molar refractivity (Wildman–Crippen MR) is 97.6 cm³/mol. The van der Waals surface area contributed by atoms with Gasteiger partial charge in [-0.05, 0) is 44.2 Å². The van der Waals surface area contributed by atoms with Crippen LogP contribution in [0, 0.1) is 6.92 Å². The van der Waals surface area contributed by atoms with Crippen LogP contribution in [0.25, 0.3) is 0 Å². The van der Waals surface area contributed by atoms with Crippen LogP contribution in [0.5, 0.6) is 5.75 Å². The van der Waals surface area contributed by atoms with Gasteiger partial charge in [0.15, 0.2) is 5.96 Å². The molecular formula is C19H26N4O2. The highest BCUT2D eigenvalue weighted by atomic mass is 16.5. The zero-order valence-corrected chi connectivity index (χ0v) is 14.9. The molecule has 3 rings (SSSR count). The molecule has 6 nitrogen and oxygen atoms in total. The molecule has 0 aliphatic heterocycles. The zero-order chi connectivity index (χ0) is 17.5. The third kappa shape index (κ3) is 4.98. The molecule has 0 bridgehead atoms. The minimum atomic E-state index is 0.352. The lowest BCUT2D eigenvalue weighted by atomic mass is 10.1. The number of rotatable bonds is 6. The van der Waals surface area contributed by atoms with Gasteiger partial charge in [-0.2, -0.15) is 0 Å². The van der Waals surface area contributed by atoms with E-state index in [1.54, 1.807) is 13.3 Å². The molecule has 0 unspecified atom stereocenters. The summed E-state index contributed by atoms with van der Waals surface area (Å²) in [5, 5.41) is 10.4. The van der Waals surface area contributed by atoms with Crippen molar-refractivity contribution in [2.75, 3.05) is 7.05 Å². The van der Waals surface area contributed by atoms with Crippen molar-refractivity contribution in [1.82, 2.24) is 15.8 Å². The van der Waals surface area contributed by atoms with Gasteiger partial charge in [-0.25, -0.2) is 0 Å². The summed E-state index contributed by atoms with van der Waals surface area (Å²) in [6.07, 6.45) is 6.76. The van der Waals surface area contributed by atoms with Crippen molar-refractivity contribution >= 4 is 5.96 Å². The number of guanidine groups is 1. The Labute approximate surface area is 148 Å². The Balaban J connectivity index is 1.59. The fourth-order valence-corrected chi connectivity index (χ4v) is 3.01.